The number of nitrogens with zero attached hydrogens (tertiary/aromatic N) is 1. The van der Waals surface area contributed by atoms with Crippen molar-refractivity contribution in [2.24, 2.45) is 0 Å². The van der Waals surface area contributed by atoms with E-state index >= 15 is 0 Å². The second-order valence-corrected chi connectivity index (χ2v) is 13.1. The number of aliphatic hydroxyl groups is 2. The van der Waals surface area contributed by atoms with Gasteiger partial charge in [-0.2, -0.15) is 0 Å². The molecule has 0 aromatic heterocycles. The van der Waals surface area contributed by atoms with E-state index in [2.05, 4.69) is 5.32 Å². The van der Waals surface area contributed by atoms with Gasteiger partial charge in [0, 0.05) is 19.0 Å². The summed E-state index contributed by atoms with van der Waals surface area (Å²) in [6, 6.07) is 18.5. The van der Waals surface area contributed by atoms with E-state index in [0.29, 0.717) is 61.6 Å². The van der Waals surface area contributed by atoms with Crippen molar-refractivity contribution in [3.63, 3.8) is 0 Å². The van der Waals surface area contributed by atoms with Crippen LogP contribution in [-0.2, 0) is 44.0 Å². The third kappa shape index (κ3) is 10.2. The normalized spacial score (nSPS) is 14.7. The highest BCUT2D eigenvalue weighted by Gasteiger charge is 2.35. The summed E-state index contributed by atoms with van der Waals surface area (Å²) in [4.78, 5) is 17.0. The molecule has 0 aliphatic heterocycles. The predicted octanol–water partition coefficient (Wildman–Crippen LogP) is 4.15. The summed E-state index contributed by atoms with van der Waals surface area (Å²) >= 11 is 0. The zero-order chi connectivity index (χ0) is 32.9. The molecule has 3 aromatic rings. The fourth-order valence-electron chi connectivity index (χ4n) is 5.33. The summed E-state index contributed by atoms with van der Waals surface area (Å²) in [5, 5.41) is 32.6. The molecule has 11 nitrogen and oxygen atoms in total. The Balaban J connectivity index is 1.17. The predicted molar refractivity (Wildman–Crippen MR) is 171 cm³/mol. The lowest BCUT2D eigenvalue weighted by molar-refractivity contribution is -0.174. The largest absolute Gasteiger partial charge is 0.508 e. The smallest absolute Gasteiger partial charge is 0.323 e. The van der Waals surface area contributed by atoms with Crippen molar-refractivity contribution < 1.29 is 42.8 Å². The maximum Gasteiger partial charge on any atom is 0.323 e. The van der Waals surface area contributed by atoms with Gasteiger partial charge in [0.05, 0.1) is 36.9 Å². The molecule has 0 unspecified atom stereocenters. The Labute approximate surface area is 270 Å². The van der Waals surface area contributed by atoms with E-state index in [0.717, 1.165) is 35.7 Å². The Kier molecular flexibility index (Phi) is 13.4. The minimum atomic E-state index is -4.04. The third-order valence-electron chi connectivity index (χ3n) is 7.80. The molecular weight excluding hydrogens is 612 g/mol. The molecule has 4 N–H and O–H groups in total. The minimum Gasteiger partial charge on any atom is -0.508 e. The fourth-order valence-corrected chi connectivity index (χ4v) is 6.89. The number of carbonyl (C=O) groups is 1. The van der Waals surface area contributed by atoms with Crippen LogP contribution in [-0.4, -0.2) is 66.5 Å². The Hall–Kier alpha value is -3.52. The highest BCUT2D eigenvalue weighted by molar-refractivity contribution is 7.89. The van der Waals surface area contributed by atoms with Crippen molar-refractivity contribution in [3.05, 3.63) is 89.0 Å². The topological polar surface area (TPSA) is 155 Å². The number of sulfonamides is 1. The van der Waals surface area contributed by atoms with Gasteiger partial charge in [0.1, 0.15) is 18.1 Å². The molecule has 1 aliphatic carbocycles. The van der Waals surface area contributed by atoms with Gasteiger partial charge in [-0.05, 0) is 83.4 Å². The van der Waals surface area contributed by atoms with E-state index in [-0.39, 0.29) is 29.9 Å². The van der Waals surface area contributed by atoms with Gasteiger partial charge in [-0.1, -0.05) is 49.6 Å². The van der Waals surface area contributed by atoms with Crippen molar-refractivity contribution in [2.75, 3.05) is 26.3 Å². The molecule has 1 fully saturated rings. The SMILES string of the molecule is CC(=O)ON(C1CCCCC1)S(=O)(=O)c1cccc(COCCOc2ccc(CCNC[C@@H](O)c3ccc(O)c(CO)c3)cc2)c1. The molecule has 0 amide bonds. The molecule has 0 heterocycles. The quantitative estimate of drug-likeness (QED) is 0.123. The van der Waals surface area contributed by atoms with Crippen LogP contribution in [0.2, 0.25) is 0 Å². The average Bonchev–Trinajstić information content (AvgIpc) is 3.06. The zero-order valence-electron chi connectivity index (χ0n) is 26.1. The van der Waals surface area contributed by atoms with Gasteiger partial charge in [0.15, 0.2) is 0 Å². The number of nitrogens with one attached hydrogen (secondary N) is 1. The van der Waals surface area contributed by atoms with Crippen LogP contribution in [0.25, 0.3) is 0 Å². The lowest BCUT2D eigenvalue weighted by atomic mass is 9.96. The van der Waals surface area contributed by atoms with E-state index in [1.807, 2.05) is 24.3 Å². The van der Waals surface area contributed by atoms with Crippen LogP contribution >= 0.6 is 0 Å². The van der Waals surface area contributed by atoms with Crippen LogP contribution < -0.4 is 10.1 Å². The number of hydrogen-bond acceptors (Lipinski definition) is 10. The van der Waals surface area contributed by atoms with E-state index in [9.17, 15) is 28.5 Å². The van der Waals surface area contributed by atoms with E-state index in [4.69, 9.17) is 14.3 Å². The van der Waals surface area contributed by atoms with Crippen LogP contribution in [0.3, 0.4) is 0 Å². The number of carbonyl (C=O) groups excluding carboxylic acids is 1. The molecule has 0 bridgehead atoms. The number of aliphatic hydroxyl groups excluding tert-OH is 2. The van der Waals surface area contributed by atoms with Crippen molar-refractivity contribution in [1.82, 2.24) is 9.79 Å². The summed E-state index contributed by atoms with van der Waals surface area (Å²) in [5.41, 5.74) is 2.78. The first-order valence-corrected chi connectivity index (χ1v) is 17.0. The number of aromatic hydroxyl groups is 1. The maximum atomic E-state index is 13.4. The molecular formula is C34H44N2O9S. The zero-order valence-corrected chi connectivity index (χ0v) is 27.0. The number of hydrogen-bond donors (Lipinski definition) is 4. The number of benzene rings is 3. The second kappa shape index (κ2) is 17.4. The Morgan fingerprint density at radius 2 is 1.76 bits per heavy atom. The fraction of sp³-hybridized carbons (Fsp3) is 0.441. The molecule has 1 aliphatic rings. The van der Waals surface area contributed by atoms with Gasteiger partial charge in [-0.3, -0.25) is 4.79 Å². The van der Waals surface area contributed by atoms with Crippen molar-refractivity contribution in [1.29, 1.82) is 0 Å². The van der Waals surface area contributed by atoms with Crippen LogP contribution in [0.5, 0.6) is 11.5 Å². The monoisotopic (exact) mass is 656 g/mol. The molecule has 250 valence electrons. The Morgan fingerprint density at radius 3 is 2.48 bits per heavy atom. The van der Waals surface area contributed by atoms with Crippen molar-refractivity contribution >= 4 is 16.0 Å². The summed E-state index contributed by atoms with van der Waals surface area (Å²) in [6.07, 6.45) is 4.11. The summed E-state index contributed by atoms with van der Waals surface area (Å²) in [6.45, 7) is 2.71. The molecule has 0 spiro atoms. The molecule has 0 saturated heterocycles. The molecule has 1 atom stereocenters. The molecule has 12 heteroatoms. The highest BCUT2D eigenvalue weighted by atomic mass is 32.2. The lowest BCUT2D eigenvalue weighted by Gasteiger charge is -2.31. The molecule has 46 heavy (non-hydrogen) atoms. The standard InChI is InChI=1S/C34H44N2O9S/c1-25(38)45-36(30-7-3-2-4-8-30)46(41,42)32-9-5-6-27(20-32)24-43-18-19-44-31-13-10-26(11-14-31)16-17-35-22-34(40)28-12-15-33(39)29(21-28)23-37/h5-6,9-15,20-21,30,34-35,37,39-40H,2-4,7-8,16-19,22-24H2,1H3/t34-/m1/s1. The van der Waals surface area contributed by atoms with Gasteiger partial charge in [-0.15, -0.1) is 0 Å². The highest BCUT2D eigenvalue weighted by Crippen LogP contribution is 2.29. The van der Waals surface area contributed by atoms with Crippen molar-refractivity contribution in [3.8, 4) is 11.5 Å². The van der Waals surface area contributed by atoms with Gasteiger partial charge in [-0.25, -0.2) is 8.42 Å². The van der Waals surface area contributed by atoms with E-state index in [1.165, 1.54) is 19.1 Å². The number of ether oxygens (including phenoxy) is 2. The van der Waals surface area contributed by atoms with Crippen LogP contribution in [0, 0.1) is 0 Å². The first-order chi connectivity index (χ1) is 22.2. The summed E-state index contributed by atoms with van der Waals surface area (Å²) in [5.74, 6) is 0.0328. The first kappa shape index (κ1) is 35.3. The Morgan fingerprint density at radius 1 is 1.00 bits per heavy atom. The number of hydroxylamine groups is 1. The van der Waals surface area contributed by atoms with Gasteiger partial charge < -0.3 is 34.9 Å². The van der Waals surface area contributed by atoms with Crippen LogP contribution in [0.15, 0.2) is 71.6 Å². The first-order valence-electron chi connectivity index (χ1n) is 15.6. The van der Waals surface area contributed by atoms with E-state index < -0.39 is 22.1 Å². The van der Waals surface area contributed by atoms with Gasteiger partial charge in [0.25, 0.3) is 10.0 Å². The van der Waals surface area contributed by atoms with Crippen LogP contribution in [0.1, 0.15) is 67.4 Å². The molecule has 1 saturated carbocycles. The summed E-state index contributed by atoms with van der Waals surface area (Å²) in [7, 11) is -4.04. The third-order valence-corrected chi connectivity index (χ3v) is 9.50. The molecule has 4 rings (SSSR count). The maximum absolute atomic E-state index is 13.4. The van der Waals surface area contributed by atoms with Crippen molar-refractivity contribution in [2.45, 2.75) is 75.7 Å². The minimum absolute atomic E-state index is 0.00284. The number of rotatable bonds is 17. The molecule has 0 radical (unpaired) electrons. The van der Waals surface area contributed by atoms with Gasteiger partial charge >= 0.3 is 5.97 Å². The average molecular weight is 657 g/mol. The number of phenols is 1. The van der Waals surface area contributed by atoms with E-state index in [1.54, 1.807) is 30.3 Å². The second-order valence-electron chi connectivity index (χ2n) is 11.3. The summed E-state index contributed by atoms with van der Waals surface area (Å²) < 4.78 is 39.3. The van der Waals surface area contributed by atoms with Crippen LogP contribution in [0.4, 0.5) is 0 Å². The van der Waals surface area contributed by atoms with Gasteiger partial charge in [0.2, 0.25) is 0 Å². The molecule has 3 aromatic carbocycles. The Bertz CT molecular complexity index is 1510. The lowest BCUT2D eigenvalue weighted by Crippen LogP contribution is -2.42.